The molecule has 1 saturated heterocycles. The fourth-order valence-electron chi connectivity index (χ4n) is 2.84. The lowest BCUT2D eigenvalue weighted by Gasteiger charge is -2.20. The smallest absolute Gasteiger partial charge is 0.128 e. The fourth-order valence-corrected chi connectivity index (χ4v) is 2.84. The molecule has 1 aliphatic heterocycles. The van der Waals surface area contributed by atoms with Gasteiger partial charge in [0.05, 0.1) is 6.04 Å². The number of nitrogens with two attached hydrogens (primary N) is 1. The molecule has 0 amide bonds. The van der Waals surface area contributed by atoms with Crippen molar-refractivity contribution < 1.29 is 0 Å². The van der Waals surface area contributed by atoms with E-state index in [-0.39, 0.29) is 6.04 Å². The molecule has 20 heavy (non-hydrogen) atoms. The summed E-state index contributed by atoms with van der Waals surface area (Å²) in [6, 6.07) is 12.3. The Kier molecular flexibility index (Phi) is 3.70. The van der Waals surface area contributed by atoms with Gasteiger partial charge < -0.3 is 10.6 Å². The number of hydrogen-bond acceptors (Lipinski definition) is 3. The first kappa shape index (κ1) is 13.1. The number of anilines is 1. The molecule has 1 fully saturated rings. The zero-order valence-electron chi connectivity index (χ0n) is 11.9. The summed E-state index contributed by atoms with van der Waals surface area (Å²) in [5.74, 6) is 1.09. The van der Waals surface area contributed by atoms with Crippen molar-refractivity contribution in [2.45, 2.75) is 25.8 Å². The number of nitrogens with zero attached hydrogens (tertiary/aromatic N) is 2. The largest absolute Gasteiger partial charge is 0.357 e. The van der Waals surface area contributed by atoms with Crippen LogP contribution in [0.3, 0.4) is 0 Å². The Labute approximate surface area is 120 Å². The van der Waals surface area contributed by atoms with Crippen LogP contribution in [-0.2, 0) is 0 Å². The predicted molar refractivity (Wildman–Crippen MR) is 82.9 cm³/mol. The molecule has 2 N–H and O–H groups in total. The number of aromatic nitrogens is 1. The second-order valence-corrected chi connectivity index (χ2v) is 5.48. The molecule has 1 aliphatic rings. The summed E-state index contributed by atoms with van der Waals surface area (Å²) in [6.45, 7) is 4.37. The van der Waals surface area contributed by atoms with Crippen LogP contribution < -0.4 is 10.6 Å². The van der Waals surface area contributed by atoms with Crippen molar-refractivity contribution >= 4 is 5.82 Å². The van der Waals surface area contributed by atoms with E-state index in [0.717, 1.165) is 30.0 Å². The molecule has 2 aromatic rings. The molecular formula is C17H21N3. The van der Waals surface area contributed by atoms with E-state index in [9.17, 15) is 0 Å². The normalized spacial score (nSPS) is 16.4. The van der Waals surface area contributed by atoms with E-state index in [1.54, 1.807) is 0 Å². The number of benzene rings is 1. The molecule has 104 valence electrons. The van der Waals surface area contributed by atoms with Gasteiger partial charge in [0.2, 0.25) is 0 Å². The van der Waals surface area contributed by atoms with E-state index in [1.165, 1.54) is 18.4 Å². The lowest BCUT2D eigenvalue weighted by molar-refractivity contribution is 0.845. The van der Waals surface area contributed by atoms with Gasteiger partial charge in [0.15, 0.2) is 0 Å². The second-order valence-electron chi connectivity index (χ2n) is 5.48. The molecule has 1 atom stereocenters. The van der Waals surface area contributed by atoms with Gasteiger partial charge in [0.25, 0.3) is 0 Å². The number of rotatable bonds is 3. The Morgan fingerprint density at radius 3 is 2.50 bits per heavy atom. The molecule has 0 unspecified atom stereocenters. The summed E-state index contributed by atoms with van der Waals surface area (Å²) >= 11 is 0. The summed E-state index contributed by atoms with van der Waals surface area (Å²) in [5, 5.41) is 0. The summed E-state index contributed by atoms with van der Waals surface area (Å²) in [7, 11) is 0. The molecule has 2 heterocycles. The van der Waals surface area contributed by atoms with E-state index in [4.69, 9.17) is 5.73 Å². The van der Waals surface area contributed by atoms with E-state index in [2.05, 4.69) is 35.0 Å². The summed E-state index contributed by atoms with van der Waals surface area (Å²) in [4.78, 5) is 6.97. The Hall–Kier alpha value is -1.87. The van der Waals surface area contributed by atoms with Crippen LogP contribution in [-0.4, -0.2) is 18.1 Å². The molecule has 0 radical (unpaired) electrons. The van der Waals surface area contributed by atoms with Gasteiger partial charge in [-0.25, -0.2) is 4.98 Å². The third kappa shape index (κ3) is 2.54. The molecular weight excluding hydrogens is 246 g/mol. The van der Waals surface area contributed by atoms with E-state index < -0.39 is 0 Å². The van der Waals surface area contributed by atoms with Crippen molar-refractivity contribution in [3.63, 3.8) is 0 Å². The van der Waals surface area contributed by atoms with Crippen molar-refractivity contribution in [2.75, 3.05) is 18.0 Å². The predicted octanol–water partition coefficient (Wildman–Crippen LogP) is 3.04. The first-order valence-corrected chi connectivity index (χ1v) is 7.28. The van der Waals surface area contributed by atoms with Crippen LogP contribution in [0, 0.1) is 6.92 Å². The van der Waals surface area contributed by atoms with E-state index >= 15 is 0 Å². The Morgan fingerprint density at radius 1 is 1.15 bits per heavy atom. The quantitative estimate of drug-likeness (QED) is 0.929. The van der Waals surface area contributed by atoms with Crippen molar-refractivity contribution in [3.05, 3.63) is 59.3 Å². The summed E-state index contributed by atoms with van der Waals surface area (Å²) in [6.07, 6.45) is 4.48. The molecule has 0 aliphatic carbocycles. The standard InChI is InChI=1S/C17H21N3/c1-13-11-16(20-9-5-6-10-20)19-12-15(13)17(18)14-7-3-2-4-8-14/h2-4,7-8,11-12,17H,5-6,9-10,18H2,1H3/t17-/m0/s1. The van der Waals surface area contributed by atoms with Gasteiger partial charge in [-0.2, -0.15) is 0 Å². The van der Waals surface area contributed by atoms with Crippen LogP contribution in [0.25, 0.3) is 0 Å². The molecule has 0 spiro atoms. The Bertz CT molecular complexity index is 574. The average molecular weight is 267 g/mol. The topological polar surface area (TPSA) is 42.2 Å². The third-order valence-corrected chi connectivity index (χ3v) is 4.06. The maximum Gasteiger partial charge on any atom is 0.128 e. The highest BCUT2D eigenvalue weighted by Crippen LogP contribution is 2.25. The molecule has 0 bridgehead atoms. The second kappa shape index (κ2) is 5.63. The molecule has 3 nitrogen and oxygen atoms in total. The maximum absolute atomic E-state index is 6.37. The lowest BCUT2D eigenvalue weighted by Crippen LogP contribution is -2.20. The van der Waals surface area contributed by atoms with Crippen LogP contribution >= 0.6 is 0 Å². The third-order valence-electron chi connectivity index (χ3n) is 4.06. The zero-order chi connectivity index (χ0) is 13.9. The number of aryl methyl sites for hydroxylation is 1. The van der Waals surface area contributed by atoms with E-state index in [0.29, 0.717) is 0 Å². The molecule has 3 rings (SSSR count). The van der Waals surface area contributed by atoms with Crippen molar-refractivity contribution in [1.29, 1.82) is 0 Å². The van der Waals surface area contributed by atoms with Crippen LogP contribution in [0.4, 0.5) is 5.82 Å². The van der Waals surface area contributed by atoms with Crippen molar-refractivity contribution in [2.24, 2.45) is 5.73 Å². The maximum atomic E-state index is 6.37. The highest BCUT2D eigenvalue weighted by atomic mass is 15.2. The van der Waals surface area contributed by atoms with Gasteiger partial charge in [-0.1, -0.05) is 30.3 Å². The van der Waals surface area contributed by atoms with Gasteiger partial charge in [0.1, 0.15) is 5.82 Å². The summed E-state index contributed by atoms with van der Waals surface area (Å²) in [5.41, 5.74) is 9.83. The zero-order valence-corrected chi connectivity index (χ0v) is 11.9. The van der Waals surface area contributed by atoms with Crippen molar-refractivity contribution in [1.82, 2.24) is 4.98 Å². The first-order valence-electron chi connectivity index (χ1n) is 7.28. The van der Waals surface area contributed by atoms with Crippen LogP contribution in [0.2, 0.25) is 0 Å². The van der Waals surface area contributed by atoms with Gasteiger partial charge in [-0.15, -0.1) is 0 Å². The number of hydrogen-bond donors (Lipinski definition) is 1. The minimum absolute atomic E-state index is 0.101. The Balaban J connectivity index is 1.87. The first-order chi connectivity index (χ1) is 9.75. The van der Waals surface area contributed by atoms with E-state index in [1.807, 2.05) is 24.4 Å². The van der Waals surface area contributed by atoms with Gasteiger partial charge in [-0.3, -0.25) is 0 Å². The monoisotopic (exact) mass is 267 g/mol. The van der Waals surface area contributed by atoms with Gasteiger partial charge in [0, 0.05) is 19.3 Å². The minimum Gasteiger partial charge on any atom is -0.357 e. The Morgan fingerprint density at radius 2 is 1.85 bits per heavy atom. The summed E-state index contributed by atoms with van der Waals surface area (Å²) < 4.78 is 0. The van der Waals surface area contributed by atoms with Gasteiger partial charge in [-0.05, 0) is 42.5 Å². The molecule has 1 aromatic heterocycles. The average Bonchev–Trinajstić information content (AvgIpc) is 3.01. The fraction of sp³-hybridized carbons (Fsp3) is 0.353. The van der Waals surface area contributed by atoms with Crippen LogP contribution in [0.15, 0.2) is 42.6 Å². The molecule has 1 aromatic carbocycles. The van der Waals surface area contributed by atoms with Gasteiger partial charge >= 0.3 is 0 Å². The molecule has 0 saturated carbocycles. The highest BCUT2D eigenvalue weighted by molar-refractivity contribution is 5.46. The SMILES string of the molecule is Cc1cc(N2CCCC2)ncc1[C@@H](N)c1ccccc1. The minimum atomic E-state index is -0.101. The lowest BCUT2D eigenvalue weighted by atomic mass is 9.97. The van der Waals surface area contributed by atoms with Crippen LogP contribution in [0.1, 0.15) is 35.6 Å². The highest BCUT2D eigenvalue weighted by Gasteiger charge is 2.16. The number of pyridine rings is 1. The molecule has 3 heteroatoms. The van der Waals surface area contributed by atoms with Crippen molar-refractivity contribution in [3.8, 4) is 0 Å². The van der Waals surface area contributed by atoms with Crippen LogP contribution in [0.5, 0.6) is 0 Å².